The third kappa shape index (κ3) is 2.93. The van der Waals surface area contributed by atoms with Crippen molar-refractivity contribution in [3.63, 3.8) is 0 Å². The van der Waals surface area contributed by atoms with Gasteiger partial charge in [0.25, 0.3) is 0 Å². The second-order valence-electron chi connectivity index (χ2n) is 5.62. The molecule has 0 unspecified atom stereocenters. The average molecular weight is 338 g/mol. The van der Waals surface area contributed by atoms with Crippen LogP contribution in [0.25, 0.3) is 0 Å². The molecular formula is C17H14F4N2O. The fourth-order valence-electron chi connectivity index (χ4n) is 2.82. The van der Waals surface area contributed by atoms with E-state index in [0.29, 0.717) is 11.4 Å². The molecule has 0 bridgehead atoms. The lowest BCUT2D eigenvalue weighted by Crippen LogP contribution is -2.44. The molecule has 0 aliphatic carbocycles. The van der Waals surface area contributed by atoms with Crippen LogP contribution < -0.4 is 9.80 Å². The summed E-state index contributed by atoms with van der Waals surface area (Å²) in [5.74, 6) is -0.806. The van der Waals surface area contributed by atoms with Crippen molar-refractivity contribution < 1.29 is 22.4 Å². The molecule has 0 saturated carbocycles. The minimum absolute atomic E-state index is 0.00169. The van der Waals surface area contributed by atoms with Gasteiger partial charge in [-0.15, -0.1) is 0 Å². The number of rotatable bonds is 2. The van der Waals surface area contributed by atoms with Crippen molar-refractivity contribution in [2.45, 2.75) is 12.7 Å². The highest BCUT2D eigenvalue weighted by Gasteiger charge is 2.35. The van der Waals surface area contributed by atoms with Crippen molar-refractivity contribution in [1.29, 1.82) is 0 Å². The van der Waals surface area contributed by atoms with Crippen LogP contribution in [0.15, 0.2) is 42.5 Å². The molecule has 126 valence electrons. The number of hydrogen-bond acceptors (Lipinski definition) is 2. The number of hydrogen-bond donors (Lipinski definition) is 0. The molecule has 1 amide bonds. The molecule has 0 N–H and O–H groups in total. The van der Waals surface area contributed by atoms with Crippen LogP contribution in [-0.4, -0.2) is 19.5 Å². The Morgan fingerprint density at radius 1 is 1.08 bits per heavy atom. The van der Waals surface area contributed by atoms with E-state index in [1.807, 2.05) is 0 Å². The van der Waals surface area contributed by atoms with Gasteiger partial charge in [0.05, 0.1) is 30.0 Å². The van der Waals surface area contributed by atoms with Crippen LogP contribution in [-0.2, 0) is 17.5 Å². The highest BCUT2D eigenvalue weighted by Crippen LogP contribution is 2.37. The van der Waals surface area contributed by atoms with Crippen molar-refractivity contribution in [1.82, 2.24) is 0 Å². The molecule has 0 radical (unpaired) electrons. The molecule has 1 aliphatic rings. The van der Waals surface area contributed by atoms with Gasteiger partial charge in [0, 0.05) is 7.05 Å². The number of anilines is 2. The number of halogens is 4. The van der Waals surface area contributed by atoms with Crippen LogP contribution in [0.5, 0.6) is 0 Å². The summed E-state index contributed by atoms with van der Waals surface area (Å²) < 4.78 is 52.9. The first-order valence-electron chi connectivity index (χ1n) is 7.23. The molecule has 3 rings (SSSR count). The Kier molecular flexibility index (Phi) is 3.95. The number of alkyl halides is 3. The summed E-state index contributed by atoms with van der Waals surface area (Å²) in [5.41, 5.74) is 0.0878. The number of carbonyl (C=O) groups is 1. The first-order chi connectivity index (χ1) is 11.3. The lowest BCUT2D eigenvalue weighted by molar-refractivity contribution is -0.138. The zero-order chi connectivity index (χ0) is 17.5. The molecule has 0 spiro atoms. The van der Waals surface area contributed by atoms with Crippen LogP contribution >= 0.6 is 0 Å². The molecule has 2 aromatic rings. The molecule has 1 aliphatic heterocycles. The first-order valence-corrected chi connectivity index (χ1v) is 7.23. The van der Waals surface area contributed by atoms with Crippen LogP contribution in [0.4, 0.5) is 28.9 Å². The van der Waals surface area contributed by atoms with Crippen molar-refractivity contribution in [3.05, 3.63) is 59.4 Å². The molecule has 0 fully saturated rings. The highest BCUT2D eigenvalue weighted by atomic mass is 19.4. The second kappa shape index (κ2) is 5.81. The first kappa shape index (κ1) is 16.3. The van der Waals surface area contributed by atoms with Gasteiger partial charge in [-0.3, -0.25) is 4.79 Å². The number of nitrogens with zero attached hydrogens (tertiary/aromatic N) is 2. The van der Waals surface area contributed by atoms with Crippen LogP contribution in [0.2, 0.25) is 0 Å². The lowest BCUT2D eigenvalue weighted by atomic mass is 10.0. The minimum Gasteiger partial charge on any atom is -0.363 e. The molecule has 24 heavy (non-hydrogen) atoms. The van der Waals surface area contributed by atoms with Gasteiger partial charge in [-0.25, -0.2) is 4.39 Å². The third-order valence-corrected chi connectivity index (χ3v) is 3.96. The number of carbonyl (C=O) groups excluding carboxylic acids is 1. The zero-order valence-electron chi connectivity index (χ0n) is 12.8. The number of fused-ring (bicyclic) bond motifs is 1. The van der Waals surface area contributed by atoms with Crippen LogP contribution in [0, 0.1) is 5.82 Å². The van der Waals surface area contributed by atoms with E-state index in [1.54, 1.807) is 11.9 Å². The normalized spacial score (nSPS) is 14.8. The molecule has 0 saturated heterocycles. The molecular weight excluding hydrogens is 324 g/mol. The summed E-state index contributed by atoms with van der Waals surface area (Å²) in [6.45, 7) is -0.244. The molecule has 0 aromatic heterocycles. The molecule has 0 atom stereocenters. The molecule has 3 nitrogen and oxygen atoms in total. The summed E-state index contributed by atoms with van der Waals surface area (Å²) in [6, 6.07) is 9.00. The highest BCUT2D eigenvalue weighted by molar-refractivity contribution is 6.03. The van der Waals surface area contributed by atoms with Crippen molar-refractivity contribution >= 4 is 17.3 Å². The van der Waals surface area contributed by atoms with Gasteiger partial charge in [0.15, 0.2) is 0 Å². The van der Waals surface area contributed by atoms with Gasteiger partial charge < -0.3 is 9.80 Å². The maximum Gasteiger partial charge on any atom is 0.416 e. The SMILES string of the molecule is CN1CC(=O)N(Cc2ccccc2C(F)(F)F)c2ccc(F)cc21. The van der Waals surface area contributed by atoms with Crippen LogP contribution in [0.3, 0.4) is 0 Å². The van der Waals surface area contributed by atoms with E-state index in [-0.39, 0.29) is 24.6 Å². The summed E-state index contributed by atoms with van der Waals surface area (Å²) in [4.78, 5) is 15.2. The van der Waals surface area contributed by atoms with Crippen molar-refractivity contribution in [3.8, 4) is 0 Å². The van der Waals surface area contributed by atoms with Crippen molar-refractivity contribution in [2.75, 3.05) is 23.4 Å². The van der Waals surface area contributed by atoms with E-state index in [1.165, 1.54) is 41.3 Å². The Labute approximate surface area is 136 Å². The Morgan fingerprint density at radius 3 is 2.50 bits per heavy atom. The fraction of sp³-hybridized carbons (Fsp3) is 0.235. The van der Waals surface area contributed by atoms with E-state index >= 15 is 0 Å². The van der Waals surface area contributed by atoms with Crippen LogP contribution in [0.1, 0.15) is 11.1 Å². The summed E-state index contributed by atoms with van der Waals surface area (Å²) in [7, 11) is 1.64. The van der Waals surface area contributed by atoms with Gasteiger partial charge in [-0.05, 0) is 29.8 Å². The van der Waals surface area contributed by atoms with Gasteiger partial charge >= 0.3 is 6.18 Å². The van der Waals surface area contributed by atoms with Crippen molar-refractivity contribution in [2.24, 2.45) is 0 Å². The van der Waals surface area contributed by atoms with Gasteiger partial charge in [0.2, 0.25) is 5.91 Å². The second-order valence-corrected chi connectivity index (χ2v) is 5.62. The minimum atomic E-state index is -4.50. The maximum atomic E-state index is 13.5. The lowest BCUT2D eigenvalue weighted by Gasteiger charge is -2.35. The van der Waals surface area contributed by atoms with Gasteiger partial charge in [0.1, 0.15) is 5.82 Å². The molecule has 7 heteroatoms. The summed E-state index contributed by atoms with van der Waals surface area (Å²) >= 11 is 0. The Hall–Kier alpha value is -2.57. The van der Waals surface area contributed by atoms with E-state index < -0.39 is 17.6 Å². The van der Waals surface area contributed by atoms with E-state index in [0.717, 1.165) is 6.07 Å². The topological polar surface area (TPSA) is 23.6 Å². The average Bonchev–Trinajstić information content (AvgIpc) is 2.51. The monoisotopic (exact) mass is 338 g/mol. The predicted octanol–water partition coefficient (Wildman–Crippen LogP) is 3.83. The fourth-order valence-corrected chi connectivity index (χ4v) is 2.82. The van der Waals surface area contributed by atoms with E-state index in [9.17, 15) is 22.4 Å². The standard InChI is InChI=1S/C17H14F4N2O/c1-22-10-16(24)23(14-7-6-12(18)8-15(14)22)9-11-4-2-3-5-13(11)17(19,20)21/h2-8H,9-10H2,1H3. The van der Waals surface area contributed by atoms with E-state index in [2.05, 4.69) is 0 Å². The van der Waals surface area contributed by atoms with E-state index in [4.69, 9.17) is 0 Å². The maximum absolute atomic E-state index is 13.5. The number of amides is 1. The Bertz CT molecular complexity index is 788. The van der Waals surface area contributed by atoms with Gasteiger partial charge in [-0.1, -0.05) is 18.2 Å². The largest absolute Gasteiger partial charge is 0.416 e. The predicted molar refractivity (Wildman–Crippen MR) is 82.3 cm³/mol. The quantitative estimate of drug-likeness (QED) is 0.777. The smallest absolute Gasteiger partial charge is 0.363 e. The molecule has 2 aromatic carbocycles. The Morgan fingerprint density at radius 2 is 1.79 bits per heavy atom. The zero-order valence-corrected chi connectivity index (χ0v) is 12.8. The number of likely N-dealkylation sites (N-methyl/N-ethyl adjacent to an activating group) is 1. The number of benzene rings is 2. The van der Waals surface area contributed by atoms with Gasteiger partial charge in [-0.2, -0.15) is 13.2 Å². The molecule has 1 heterocycles. The summed E-state index contributed by atoms with van der Waals surface area (Å²) in [6.07, 6.45) is -4.50. The Balaban J connectivity index is 2.03. The summed E-state index contributed by atoms with van der Waals surface area (Å²) in [5, 5.41) is 0. The third-order valence-electron chi connectivity index (χ3n) is 3.96.